The van der Waals surface area contributed by atoms with Gasteiger partial charge in [0, 0.05) is 10.4 Å². The maximum absolute atomic E-state index is 10.9. The Balaban J connectivity index is 0. The van der Waals surface area contributed by atoms with Gasteiger partial charge in [-0.3, -0.25) is 8.42 Å². The van der Waals surface area contributed by atoms with Gasteiger partial charge >= 0.3 is 46.9 Å². The minimum absolute atomic E-state index is 0. The van der Waals surface area contributed by atoms with Crippen molar-refractivity contribution < 1.29 is 60.1 Å². The third kappa shape index (κ3) is 12.5. The van der Waals surface area contributed by atoms with Crippen molar-refractivity contribution >= 4 is 48.7 Å². The van der Waals surface area contributed by atoms with E-state index < -0.39 is 20.5 Å². The number of hydrogen-bond donors (Lipinski definition) is 0. The van der Waals surface area contributed by atoms with E-state index >= 15 is 0 Å². The second-order valence-electron chi connectivity index (χ2n) is 4.83. The van der Waals surface area contributed by atoms with Gasteiger partial charge in [-0.25, -0.2) is 8.42 Å². The summed E-state index contributed by atoms with van der Waals surface area (Å²) < 4.78 is 66.8. The summed E-state index contributed by atoms with van der Waals surface area (Å²) in [4.78, 5) is -0.157. The molecule has 0 saturated heterocycles. The summed E-state index contributed by atoms with van der Waals surface area (Å²) >= 11 is 0. The Hall–Kier alpha value is -0.898. The molecule has 0 aromatic heterocycles. The SMILES string of the molecule is O=S(=O)([O-])[O-].O=S(=O)([O-])c1cccc2ccccc12.[Al+3].[CH2-]c1ccccc1.[Na+]. The first kappa shape index (κ1) is 29.3. The molecule has 28 heavy (non-hydrogen) atoms. The largest absolute Gasteiger partial charge is 3.00 e. The number of benzene rings is 3. The van der Waals surface area contributed by atoms with E-state index in [9.17, 15) is 13.0 Å². The molecule has 0 bridgehead atoms. The summed E-state index contributed by atoms with van der Waals surface area (Å²) in [6, 6.07) is 21.4. The molecule has 0 aliphatic carbocycles. The van der Waals surface area contributed by atoms with Gasteiger partial charge in [-0.15, -0.1) is 12.1 Å². The van der Waals surface area contributed by atoms with Gasteiger partial charge in [0.2, 0.25) is 0 Å². The van der Waals surface area contributed by atoms with E-state index in [1.54, 1.807) is 36.4 Å². The van der Waals surface area contributed by atoms with E-state index in [0.717, 1.165) is 10.9 Å². The van der Waals surface area contributed by atoms with Crippen LogP contribution in [0.5, 0.6) is 0 Å². The maximum atomic E-state index is 10.9. The molecule has 140 valence electrons. The van der Waals surface area contributed by atoms with Crippen molar-refractivity contribution in [3.05, 3.63) is 85.3 Å². The van der Waals surface area contributed by atoms with Gasteiger partial charge in [-0.2, -0.15) is 24.6 Å². The normalized spacial score (nSPS) is 10.1. The van der Waals surface area contributed by atoms with Gasteiger partial charge in [-0.1, -0.05) is 42.5 Å². The molecule has 0 aliphatic heterocycles. The smallest absolute Gasteiger partial charge is 0.759 e. The first-order valence-corrected chi connectivity index (χ1v) is 9.70. The fourth-order valence-corrected chi connectivity index (χ4v) is 2.59. The quantitative estimate of drug-likeness (QED) is 0.201. The van der Waals surface area contributed by atoms with Crippen LogP contribution in [0.3, 0.4) is 0 Å². The zero-order valence-electron chi connectivity index (χ0n) is 14.9. The molecule has 0 unspecified atom stereocenters. The molecule has 11 heteroatoms. The Morgan fingerprint density at radius 3 is 1.54 bits per heavy atom. The van der Waals surface area contributed by atoms with Crippen LogP contribution < -0.4 is 29.6 Å². The van der Waals surface area contributed by atoms with E-state index in [1.165, 1.54) is 6.07 Å². The van der Waals surface area contributed by atoms with Crippen molar-refractivity contribution in [2.75, 3.05) is 0 Å². The Labute approximate surface area is 197 Å². The number of rotatable bonds is 1. The van der Waals surface area contributed by atoms with E-state index in [2.05, 4.69) is 6.92 Å². The molecule has 7 nitrogen and oxygen atoms in total. The molecule has 0 radical (unpaired) electrons. The molecular formula is C17H14AlNaO7S2. The van der Waals surface area contributed by atoms with E-state index in [0.29, 0.717) is 5.39 Å². The van der Waals surface area contributed by atoms with E-state index in [4.69, 9.17) is 17.5 Å². The minimum atomic E-state index is -5.17. The van der Waals surface area contributed by atoms with Crippen LogP contribution >= 0.6 is 0 Å². The molecule has 3 rings (SSSR count). The molecule has 0 N–H and O–H groups in total. The Morgan fingerprint density at radius 1 is 0.679 bits per heavy atom. The third-order valence-corrected chi connectivity index (χ3v) is 3.76. The first-order valence-electron chi connectivity index (χ1n) is 6.96. The van der Waals surface area contributed by atoms with Crippen LogP contribution in [0.1, 0.15) is 5.56 Å². The molecule has 0 spiro atoms. The predicted octanol–water partition coefficient (Wildman–Crippen LogP) is -1.10. The molecular weight excluding hydrogens is 430 g/mol. The van der Waals surface area contributed by atoms with E-state index in [1.807, 2.05) is 30.3 Å². The minimum Gasteiger partial charge on any atom is -0.759 e. The van der Waals surface area contributed by atoms with Crippen molar-refractivity contribution in [3.63, 3.8) is 0 Å². The van der Waals surface area contributed by atoms with Crippen molar-refractivity contribution in [1.82, 2.24) is 0 Å². The number of hydrogen-bond acceptors (Lipinski definition) is 7. The fourth-order valence-electron chi connectivity index (χ4n) is 1.89. The monoisotopic (exact) mass is 444 g/mol. The summed E-state index contributed by atoms with van der Waals surface area (Å²) in [7, 11) is -9.55. The van der Waals surface area contributed by atoms with Crippen molar-refractivity contribution in [2.24, 2.45) is 0 Å². The molecule has 3 aromatic carbocycles. The summed E-state index contributed by atoms with van der Waals surface area (Å²) in [6.45, 7) is 3.72. The zero-order valence-corrected chi connectivity index (χ0v) is 19.7. The third-order valence-electron chi connectivity index (χ3n) is 2.86. The van der Waals surface area contributed by atoms with Gasteiger partial charge in [-0.05, 0) is 16.8 Å². The van der Waals surface area contributed by atoms with Gasteiger partial charge in [0.25, 0.3) is 0 Å². The second-order valence-corrected chi connectivity index (χ2v) is 6.99. The molecule has 0 aliphatic rings. The molecule has 0 fully saturated rings. The Bertz CT molecular complexity index is 1040. The standard InChI is InChI=1S/C10H8O3S.C7H7.Al.Na.H2O4S/c11-14(12,13)10-7-3-5-8-4-1-2-6-9(8)10;1-7-5-3-2-4-6-7;;;1-5(2,3)4/h1-7H,(H,11,12,13);2-6H,1H2;;;(H2,1,2,3,4)/q;-1;+3;+1;/p-3. The molecule has 0 atom stereocenters. The Kier molecular flexibility index (Phi) is 14.0. The van der Waals surface area contributed by atoms with Crippen molar-refractivity contribution in [3.8, 4) is 0 Å². The summed E-state index contributed by atoms with van der Waals surface area (Å²) in [5.41, 5.74) is 1.07. The van der Waals surface area contributed by atoms with Crippen LogP contribution in [0.4, 0.5) is 0 Å². The topological polar surface area (TPSA) is 137 Å². The average Bonchev–Trinajstić information content (AvgIpc) is 2.53. The van der Waals surface area contributed by atoms with Gasteiger partial charge in [0.1, 0.15) is 10.1 Å². The molecule has 0 heterocycles. The average molecular weight is 444 g/mol. The van der Waals surface area contributed by atoms with Crippen LogP contribution in [-0.2, 0) is 20.5 Å². The fraction of sp³-hybridized carbons (Fsp3) is 0. The predicted molar refractivity (Wildman–Crippen MR) is 99.0 cm³/mol. The van der Waals surface area contributed by atoms with Crippen LogP contribution in [0.15, 0.2) is 77.7 Å². The van der Waals surface area contributed by atoms with Crippen LogP contribution in [0.25, 0.3) is 10.8 Å². The summed E-state index contributed by atoms with van der Waals surface area (Å²) in [5.74, 6) is 0. The first-order chi connectivity index (χ1) is 12.0. The van der Waals surface area contributed by atoms with Crippen molar-refractivity contribution in [2.45, 2.75) is 4.90 Å². The van der Waals surface area contributed by atoms with Gasteiger partial charge < -0.3 is 13.7 Å². The zero-order chi connectivity index (χ0) is 19.8. The van der Waals surface area contributed by atoms with Crippen LogP contribution in [-0.4, -0.2) is 47.9 Å². The van der Waals surface area contributed by atoms with Gasteiger partial charge in [0.05, 0.1) is 4.90 Å². The maximum Gasteiger partial charge on any atom is 3.00 e. The van der Waals surface area contributed by atoms with Crippen LogP contribution in [0, 0.1) is 6.92 Å². The van der Waals surface area contributed by atoms with Crippen molar-refractivity contribution in [1.29, 1.82) is 0 Å². The number of fused-ring (bicyclic) bond motifs is 1. The van der Waals surface area contributed by atoms with E-state index in [-0.39, 0.29) is 51.8 Å². The Morgan fingerprint density at radius 2 is 1.11 bits per heavy atom. The van der Waals surface area contributed by atoms with Crippen LogP contribution in [0.2, 0.25) is 0 Å². The summed E-state index contributed by atoms with van der Waals surface area (Å²) in [5, 5.41) is 1.23. The molecule has 0 saturated carbocycles. The van der Waals surface area contributed by atoms with Gasteiger partial charge in [0.15, 0.2) is 0 Å². The second kappa shape index (κ2) is 13.3. The summed E-state index contributed by atoms with van der Waals surface area (Å²) in [6.07, 6.45) is 0. The molecule has 3 aromatic rings. The molecule has 0 amide bonds.